The number of nitrogens with zero attached hydrogens (tertiary/aromatic N) is 1. The molecule has 0 aliphatic rings. The van der Waals surface area contributed by atoms with Gasteiger partial charge < -0.3 is 10.4 Å². The van der Waals surface area contributed by atoms with Crippen LogP contribution in [-0.4, -0.2) is 35.0 Å². The minimum Gasteiger partial charge on any atom is -0.390 e. The first-order valence-electron chi connectivity index (χ1n) is 4.97. The van der Waals surface area contributed by atoms with Gasteiger partial charge in [0.05, 0.1) is 11.5 Å². The molecule has 0 atom stereocenters. The maximum Gasteiger partial charge on any atom is 0.305 e. The van der Waals surface area contributed by atoms with Gasteiger partial charge in [0.1, 0.15) is 6.61 Å². The summed E-state index contributed by atoms with van der Waals surface area (Å²) in [5.41, 5.74) is -1.26. The van der Waals surface area contributed by atoms with E-state index in [0.29, 0.717) is 12.1 Å². The second-order valence-electron chi connectivity index (χ2n) is 3.62. The molecule has 0 radical (unpaired) electrons. The Morgan fingerprint density at radius 3 is 2.63 bits per heavy atom. The number of carbonyl (C=O) groups excluding carboxylic acids is 1. The van der Waals surface area contributed by atoms with Gasteiger partial charge in [0.15, 0.2) is 0 Å². The van der Waals surface area contributed by atoms with Crippen LogP contribution in [0.1, 0.15) is 10.4 Å². The van der Waals surface area contributed by atoms with Gasteiger partial charge in [0.25, 0.3) is 11.8 Å². The molecule has 0 heterocycles. The molecule has 9 heteroatoms. The number of rotatable bonds is 5. The Hall–Kier alpha value is -2.16. The van der Waals surface area contributed by atoms with Crippen molar-refractivity contribution in [2.75, 3.05) is 13.2 Å². The maximum absolute atomic E-state index is 13.0. The second-order valence-corrected chi connectivity index (χ2v) is 3.62. The number of nitro groups is 1. The molecule has 0 spiro atoms. The summed E-state index contributed by atoms with van der Waals surface area (Å²) in [7, 11) is 0. The van der Waals surface area contributed by atoms with E-state index in [1.165, 1.54) is 0 Å². The molecule has 104 valence electrons. The molecule has 1 rings (SSSR count). The number of halogens is 3. The average Bonchev–Trinajstić information content (AvgIpc) is 2.36. The zero-order chi connectivity index (χ0) is 14.6. The van der Waals surface area contributed by atoms with Gasteiger partial charge in [-0.3, -0.25) is 14.9 Å². The van der Waals surface area contributed by atoms with E-state index in [1.807, 2.05) is 0 Å². The number of nitro benzene ring substituents is 1. The van der Waals surface area contributed by atoms with Crippen LogP contribution in [0.3, 0.4) is 0 Å². The van der Waals surface area contributed by atoms with E-state index in [1.54, 1.807) is 5.32 Å². The van der Waals surface area contributed by atoms with Crippen LogP contribution in [0.4, 0.5) is 18.9 Å². The van der Waals surface area contributed by atoms with Crippen LogP contribution >= 0.6 is 0 Å². The number of aliphatic hydroxyl groups is 1. The highest BCUT2D eigenvalue weighted by atomic mass is 19.3. The number of alkyl halides is 2. The fourth-order valence-electron chi connectivity index (χ4n) is 1.16. The summed E-state index contributed by atoms with van der Waals surface area (Å²) >= 11 is 0. The lowest BCUT2D eigenvalue weighted by Crippen LogP contribution is -2.39. The van der Waals surface area contributed by atoms with Gasteiger partial charge in [0.2, 0.25) is 5.82 Å². The molecular weight excluding hydrogens is 269 g/mol. The number of amides is 1. The fraction of sp³-hybridized carbons (Fsp3) is 0.300. The van der Waals surface area contributed by atoms with Crippen LogP contribution in [-0.2, 0) is 0 Å². The summed E-state index contributed by atoms with van der Waals surface area (Å²) in [4.78, 5) is 20.8. The highest BCUT2D eigenvalue weighted by molar-refractivity contribution is 5.94. The molecule has 0 aromatic heterocycles. The van der Waals surface area contributed by atoms with E-state index in [9.17, 15) is 28.1 Å². The zero-order valence-corrected chi connectivity index (χ0v) is 9.40. The lowest BCUT2D eigenvalue weighted by Gasteiger charge is -2.13. The van der Waals surface area contributed by atoms with Crippen molar-refractivity contribution in [3.8, 4) is 0 Å². The van der Waals surface area contributed by atoms with Crippen molar-refractivity contribution in [2.24, 2.45) is 0 Å². The molecule has 0 saturated carbocycles. The first kappa shape index (κ1) is 14.9. The Bertz CT molecular complexity index is 508. The van der Waals surface area contributed by atoms with Crippen molar-refractivity contribution >= 4 is 11.6 Å². The van der Waals surface area contributed by atoms with Gasteiger partial charge in [0, 0.05) is 11.6 Å². The third kappa shape index (κ3) is 3.91. The molecular formula is C10H9F3N2O4. The normalized spacial score (nSPS) is 11.2. The molecule has 0 saturated heterocycles. The van der Waals surface area contributed by atoms with Crippen molar-refractivity contribution < 1.29 is 28.0 Å². The molecule has 0 unspecified atom stereocenters. The number of aliphatic hydroxyl groups excluding tert-OH is 1. The Morgan fingerprint density at radius 2 is 2.11 bits per heavy atom. The van der Waals surface area contributed by atoms with Gasteiger partial charge in [-0.1, -0.05) is 0 Å². The Morgan fingerprint density at radius 1 is 1.47 bits per heavy atom. The lowest BCUT2D eigenvalue weighted by atomic mass is 10.2. The number of hydrogen-bond donors (Lipinski definition) is 2. The summed E-state index contributed by atoms with van der Waals surface area (Å²) in [6, 6.07) is 2.26. The first-order valence-corrected chi connectivity index (χ1v) is 4.97. The van der Waals surface area contributed by atoms with E-state index in [-0.39, 0.29) is 5.56 Å². The van der Waals surface area contributed by atoms with Crippen LogP contribution in [0.15, 0.2) is 18.2 Å². The van der Waals surface area contributed by atoms with E-state index in [2.05, 4.69) is 0 Å². The van der Waals surface area contributed by atoms with Gasteiger partial charge >= 0.3 is 5.69 Å². The number of nitrogens with one attached hydrogen (secondary N) is 1. The van der Waals surface area contributed by atoms with Crippen molar-refractivity contribution in [3.05, 3.63) is 39.7 Å². The maximum atomic E-state index is 13.0. The molecule has 0 aliphatic heterocycles. The van der Waals surface area contributed by atoms with Crippen molar-refractivity contribution in [2.45, 2.75) is 5.92 Å². The zero-order valence-electron chi connectivity index (χ0n) is 9.40. The summed E-state index contributed by atoms with van der Waals surface area (Å²) < 4.78 is 38.3. The summed E-state index contributed by atoms with van der Waals surface area (Å²) in [6.07, 6.45) is 0. The van der Waals surface area contributed by atoms with Crippen molar-refractivity contribution in [1.29, 1.82) is 0 Å². The molecule has 2 N–H and O–H groups in total. The predicted octanol–water partition coefficient (Wildman–Crippen LogP) is 1.09. The number of benzene rings is 1. The molecule has 1 aromatic carbocycles. The van der Waals surface area contributed by atoms with Gasteiger partial charge in [-0.2, -0.15) is 4.39 Å². The van der Waals surface area contributed by atoms with Crippen LogP contribution in [0.5, 0.6) is 0 Å². The molecule has 1 aromatic rings. The van der Waals surface area contributed by atoms with Crippen molar-refractivity contribution in [3.63, 3.8) is 0 Å². The SMILES string of the molecule is O=C(NCC(F)(F)CO)c1ccc(F)c([N+](=O)[O-])c1. The molecule has 6 nitrogen and oxygen atoms in total. The molecule has 0 aliphatic carbocycles. The van der Waals surface area contributed by atoms with Crippen LogP contribution < -0.4 is 5.32 Å². The Labute approximate surface area is 105 Å². The summed E-state index contributed by atoms with van der Waals surface area (Å²) in [5.74, 6) is -5.67. The Kier molecular flexibility index (Phi) is 4.43. The monoisotopic (exact) mass is 278 g/mol. The third-order valence-electron chi connectivity index (χ3n) is 2.14. The molecule has 0 bridgehead atoms. The van der Waals surface area contributed by atoms with E-state index in [0.717, 1.165) is 6.07 Å². The van der Waals surface area contributed by atoms with E-state index >= 15 is 0 Å². The quantitative estimate of drug-likeness (QED) is 0.623. The number of hydrogen-bond acceptors (Lipinski definition) is 4. The predicted molar refractivity (Wildman–Crippen MR) is 57.4 cm³/mol. The minimum absolute atomic E-state index is 0.332. The Balaban J connectivity index is 2.84. The smallest absolute Gasteiger partial charge is 0.305 e. The van der Waals surface area contributed by atoms with Gasteiger partial charge in [-0.15, -0.1) is 0 Å². The summed E-state index contributed by atoms with van der Waals surface area (Å²) in [5, 5.41) is 20.5. The van der Waals surface area contributed by atoms with E-state index in [4.69, 9.17) is 5.11 Å². The standard InChI is InChI=1S/C10H9F3N2O4/c11-7-2-1-6(3-8(7)15(18)19)9(17)14-4-10(12,13)5-16/h1-3,16H,4-5H2,(H,14,17). The van der Waals surface area contributed by atoms with Gasteiger partial charge in [-0.25, -0.2) is 8.78 Å². The topological polar surface area (TPSA) is 92.5 Å². The lowest BCUT2D eigenvalue weighted by molar-refractivity contribution is -0.387. The number of carbonyl (C=O) groups is 1. The minimum atomic E-state index is -3.50. The van der Waals surface area contributed by atoms with E-state index < -0.39 is 41.4 Å². The fourth-order valence-corrected chi connectivity index (χ4v) is 1.16. The average molecular weight is 278 g/mol. The first-order chi connectivity index (χ1) is 8.76. The van der Waals surface area contributed by atoms with Crippen LogP contribution in [0.25, 0.3) is 0 Å². The largest absolute Gasteiger partial charge is 0.390 e. The second kappa shape index (κ2) is 5.65. The third-order valence-corrected chi connectivity index (χ3v) is 2.14. The molecule has 0 fully saturated rings. The molecule has 19 heavy (non-hydrogen) atoms. The summed E-state index contributed by atoms with van der Waals surface area (Å²) in [6.45, 7) is -2.58. The van der Waals surface area contributed by atoms with Crippen molar-refractivity contribution in [1.82, 2.24) is 5.32 Å². The highest BCUT2D eigenvalue weighted by Crippen LogP contribution is 2.18. The van der Waals surface area contributed by atoms with Gasteiger partial charge in [-0.05, 0) is 12.1 Å². The molecule has 1 amide bonds. The highest BCUT2D eigenvalue weighted by Gasteiger charge is 2.28. The van der Waals surface area contributed by atoms with Crippen LogP contribution in [0.2, 0.25) is 0 Å². The van der Waals surface area contributed by atoms with Crippen LogP contribution in [0, 0.1) is 15.9 Å².